The Labute approximate surface area is 221 Å². The molecule has 9 heteroatoms. The molecule has 2 aliphatic rings. The molecular weight excluding hydrogens is 482 g/mol. The molecule has 1 aromatic heterocycles. The SMILES string of the molecule is COc1cc(Cc2cnc(N)nc2N)cc(C#Cc2cccc(N(C(=O)C3CC3)C(=O)C3CC3)c2)c1OC. The Kier molecular flexibility index (Phi) is 6.88. The number of carbonyl (C=O) groups is 2. The van der Waals surface area contributed by atoms with Crippen molar-refractivity contribution in [3.05, 3.63) is 64.8 Å². The van der Waals surface area contributed by atoms with Crippen LogP contribution < -0.4 is 25.8 Å². The van der Waals surface area contributed by atoms with E-state index in [1.54, 1.807) is 32.5 Å². The number of nitrogens with zero attached hydrogens (tertiary/aromatic N) is 3. The number of methoxy groups -OCH3 is 2. The summed E-state index contributed by atoms with van der Waals surface area (Å²) in [6.45, 7) is 0. The average molecular weight is 512 g/mol. The number of benzene rings is 2. The standard InChI is InChI=1S/C29H29N5O4/c1-37-24-15-18(13-22-16-32-29(31)33-26(22)30)12-21(25(24)38-2)7-6-17-4-3-5-23(14-17)34(27(35)19-8-9-19)28(36)20-10-11-20/h3-5,12,14-16,19-20H,8-11,13H2,1-2H3,(H4,30,31,32,33). The van der Waals surface area contributed by atoms with Gasteiger partial charge in [0.15, 0.2) is 11.5 Å². The fourth-order valence-corrected chi connectivity index (χ4v) is 4.26. The van der Waals surface area contributed by atoms with Gasteiger partial charge in [-0.15, -0.1) is 0 Å². The summed E-state index contributed by atoms with van der Waals surface area (Å²) in [5, 5.41) is 0. The van der Waals surface area contributed by atoms with Gasteiger partial charge in [-0.2, -0.15) is 4.98 Å². The number of ether oxygens (including phenoxy) is 2. The first-order chi connectivity index (χ1) is 18.4. The summed E-state index contributed by atoms with van der Waals surface area (Å²) in [5.74, 6) is 7.42. The first-order valence-electron chi connectivity index (χ1n) is 12.5. The zero-order valence-corrected chi connectivity index (χ0v) is 21.4. The van der Waals surface area contributed by atoms with Gasteiger partial charge in [-0.05, 0) is 61.6 Å². The van der Waals surface area contributed by atoms with Crippen LogP contribution in [0.25, 0.3) is 0 Å². The quantitative estimate of drug-likeness (QED) is 0.364. The van der Waals surface area contributed by atoms with Gasteiger partial charge in [0.25, 0.3) is 0 Å². The molecule has 4 N–H and O–H groups in total. The van der Waals surface area contributed by atoms with E-state index in [2.05, 4.69) is 21.8 Å². The normalized spacial score (nSPS) is 14.3. The van der Waals surface area contributed by atoms with Crippen molar-refractivity contribution in [2.75, 3.05) is 30.6 Å². The highest BCUT2D eigenvalue weighted by molar-refractivity contribution is 6.17. The Hall–Kier alpha value is -4.58. The second-order valence-corrected chi connectivity index (χ2v) is 9.56. The Bertz CT molecular complexity index is 1440. The minimum absolute atomic E-state index is 0.0626. The van der Waals surface area contributed by atoms with Gasteiger partial charge in [-0.25, -0.2) is 4.98 Å². The Morgan fingerprint density at radius 3 is 2.32 bits per heavy atom. The third-order valence-corrected chi connectivity index (χ3v) is 6.59. The molecule has 0 aliphatic heterocycles. The van der Waals surface area contributed by atoms with Crippen molar-refractivity contribution < 1.29 is 19.1 Å². The molecule has 0 radical (unpaired) electrons. The summed E-state index contributed by atoms with van der Waals surface area (Å²) >= 11 is 0. The second-order valence-electron chi connectivity index (χ2n) is 9.56. The Morgan fingerprint density at radius 2 is 1.71 bits per heavy atom. The monoisotopic (exact) mass is 511 g/mol. The van der Waals surface area contributed by atoms with Crippen molar-refractivity contribution in [2.45, 2.75) is 32.1 Å². The van der Waals surface area contributed by atoms with Crippen molar-refractivity contribution in [1.29, 1.82) is 0 Å². The smallest absolute Gasteiger partial charge is 0.236 e. The van der Waals surface area contributed by atoms with Crippen molar-refractivity contribution >= 4 is 29.3 Å². The van der Waals surface area contributed by atoms with Crippen LogP contribution in [0, 0.1) is 23.7 Å². The van der Waals surface area contributed by atoms with Gasteiger partial charge in [0.1, 0.15) is 5.82 Å². The molecule has 38 heavy (non-hydrogen) atoms. The molecule has 9 nitrogen and oxygen atoms in total. The summed E-state index contributed by atoms with van der Waals surface area (Å²) in [7, 11) is 3.12. The third-order valence-electron chi connectivity index (χ3n) is 6.59. The van der Waals surface area contributed by atoms with Crippen LogP contribution >= 0.6 is 0 Å². The number of anilines is 3. The minimum atomic E-state index is -0.114. The fourth-order valence-electron chi connectivity index (χ4n) is 4.26. The molecule has 3 aromatic rings. The first kappa shape index (κ1) is 25.1. The third kappa shape index (κ3) is 5.39. The van der Waals surface area contributed by atoms with Crippen LogP contribution in [0.5, 0.6) is 11.5 Å². The zero-order chi connectivity index (χ0) is 26.8. The number of nitrogen functional groups attached to an aromatic ring is 2. The van der Waals surface area contributed by atoms with E-state index in [9.17, 15) is 9.59 Å². The van der Waals surface area contributed by atoms with Crippen molar-refractivity contribution in [1.82, 2.24) is 9.97 Å². The molecule has 0 atom stereocenters. The summed E-state index contributed by atoms with van der Waals surface area (Å²) in [4.78, 5) is 35.4. The highest BCUT2D eigenvalue weighted by atomic mass is 16.5. The molecular formula is C29H29N5O4. The van der Waals surface area contributed by atoms with E-state index >= 15 is 0 Å². The number of carbonyl (C=O) groups excluding carboxylic acids is 2. The molecule has 194 valence electrons. The van der Waals surface area contributed by atoms with Crippen LogP contribution in [-0.4, -0.2) is 36.0 Å². The van der Waals surface area contributed by atoms with E-state index in [-0.39, 0.29) is 29.6 Å². The van der Waals surface area contributed by atoms with E-state index in [4.69, 9.17) is 20.9 Å². The van der Waals surface area contributed by atoms with Crippen LogP contribution in [0.1, 0.15) is 47.9 Å². The Balaban J connectivity index is 1.47. The first-order valence-corrected chi connectivity index (χ1v) is 12.5. The van der Waals surface area contributed by atoms with Gasteiger partial charge in [0.05, 0.1) is 25.5 Å². The number of nitrogens with two attached hydrogens (primary N) is 2. The molecule has 2 fully saturated rings. The van der Waals surface area contributed by atoms with Gasteiger partial charge in [0, 0.05) is 35.6 Å². The fraction of sp³-hybridized carbons (Fsp3) is 0.310. The van der Waals surface area contributed by atoms with Crippen LogP contribution in [0.2, 0.25) is 0 Å². The Morgan fingerprint density at radius 1 is 1.00 bits per heavy atom. The lowest BCUT2D eigenvalue weighted by molar-refractivity contribution is -0.127. The van der Waals surface area contributed by atoms with Crippen LogP contribution in [0.3, 0.4) is 0 Å². The van der Waals surface area contributed by atoms with Crippen molar-refractivity contribution in [3.63, 3.8) is 0 Å². The maximum atomic E-state index is 13.0. The predicted molar refractivity (Wildman–Crippen MR) is 144 cm³/mol. The van der Waals surface area contributed by atoms with Gasteiger partial charge in [0.2, 0.25) is 17.8 Å². The van der Waals surface area contributed by atoms with Gasteiger partial charge >= 0.3 is 0 Å². The summed E-state index contributed by atoms with van der Waals surface area (Å²) in [5.41, 5.74) is 15.1. The summed E-state index contributed by atoms with van der Waals surface area (Å²) in [6, 6.07) is 11.0. The number of hydrogen-bond donors (Lipinski definition) is 2. The molecule has 2 amide bonds. The highest BCUT2D eigenvalue weighted by Crippen LogP contribution is 2.38. The number of imide groups is 1. The molecule has 0 bridgehead atoms. The molecule has 1 heterocycles. The van der Waals surface area contributed by atoms with Crippen LogP contribution in [0.4, 0.5) is 17.5 Å². The molecule has 2 aliphatic carbocycles. The zero-order valence-electron chi connectivity index (χ0n) is 21.4. The topological polar surface area (TPSA) is 134 Å². The van der Waals surface area contributed by atoms with Gasteiger partial charge in [-0.3, -0.25) is 14.5 Å². The lowest BCUT2D eigenvalue weighted by Crippen LogP contribution is -2.39. The van der Waals surface area contributed by atoms with E-state index in [1.807, 2.05) is 24.3 Å². The molecule has 0 saturated heterocycles. The lowest BCUT2D eigenvalue weighted by atomic mass is 10.0. The van der Waals surface area contributed by atoms with Crippen molar-refractivity contribution in [3.8, 4) is 23.3 Å². The average Bonchev–Trinajstić information content (AvgIpc) is 3.82. The molecule has 0 unspecified atom stereocenters. The lowest BCUT2D eigenvalue weighted by Gasteiger charge is -2.21. The summed E-state index contributed by atoms with van der Waals surface area (Å²) < 4.78 is 11.2. The van der Waals surface area contributed by atoms with Crippen LogP contribution in [0.15, 0.2) is 42.6 Å². The maximum Gasteiger partial charge on any atom is 0.236 e. The number of rotatable bonds is 7. The number of aromatic nitrogens is 2. The summed E-state index contributed by atoms with van der Waals surface area (Å²) in [6.07, 6.45) is 5.37. The molecule has 2 saturated carbocycles. The second kappa shape index (κ2) is 10.4. The molecule has 2 aromatic carbocycles. The van der Waals surface area contributed by atoms with E-state index in [0.29, 0.717) is 40.6 Å². The van der Waals surface area contributed by atoms with E-state index in [0.717, 1.165) is 36.8 Å². The number of amides is 2. The maximum absolute atomic E-state index is 13.0. The minimum Gasteiger partial charge on any atom is -0.493 e. The largest absolute Gasteiger partial charge is 0.493 e. The highest BCUT2D eigenvalue weighted by Gasteiger charge is 2.42. The van der Waals surface area contributed by atoms with Gasteiger partial charge in [-0.1, -0.05) is 17.9 Å². The predicted octanol–water partition coefficient (Wildman–Crippen LogP) is 3.33. The van der Waals surface area contributed by atoms with Gasteiger partial charge < -0.3 is 20.9 Å². The van der Waals surface area contributed by atoms with Crippen LogP contribution in [-0.2, 0) is 16.0 Å². The van der Waals surface area contributed by atoms with Crippen molar-refractivity contribution in [2.24, 2.45) is 11.8 Å². The van der Waals surface area contributed by atoms with E-state index in [1.165, 1.54) is 4.90 Å². The van der Waals surface area contributed by atoms with E-state index < -0.39 is 0 Å². The molecule has 0 spiro atoms. The number of hydrogen-bond acceptors (Lipinski definition) is 8. The molecule has 5 rings (SSSR count).